The number of furan rings is 1. The van der Waals surface area contributed by atoms with E-state index in [4.69, 9.17) is 35.2 Å². The molecule has 0 amide bonds. The molecule has 0 spiro atoms. The van der Waals surface area contributed by atoms with Gasteiger partial charge in [0.25, 0.3) is 5.56 Å². The van der Waals surface area contributed by atoms with Gasteiger partial charge in [-0.3, -0.25) is 4.79 Å². The van der Waals surface area contributed by atoms with Gasteiger partial charge in [0.05, 0.1) is 24.3 Å². The second-order valence-electron chi connectivity index (χ2n) is 9.40. The number of aromatic nitrogens is 2. The van der Waals surface area contributed by atoms with Crippen molar-refractivity contribution in [3.63, 3.8) is 0 Å². The van der Waals surface area contributed by atoms with Gasteiger partial charge in [-0.1, -0.05) is 29.8 Å². The highest BCUT2D eigenvalue weighted by atomic mass is 127. The molecule has 2 aromatic heterocycles. The number of fused-ring (bicyclic) bond motifs is 3. The van der Waals surface area contributed by atoms with Crippen LogP contribution in [0.25, 0.3) is 33.5 Å². The molecule has 8 nitrogen and oxygen atoms in total. The van der Waals surface area contributed by atoms with Crippen LogP contribution in [0.5, 0.6) is 17.2 Å². The summed E-state index contributed by atoms with van der Waals surface area (Å²) >= 11 is 10.7. The van der Waals surface area contributed by atoms with Gasteiger partial charge >= 0.3 is 0 Å². The van der Waals surface area contributed by atoms with Gasteiger partial charge in [0.1, 0.15) is 17.9 Å². The highest BCUT2D eigenvalue weighted by Gasteiger charge is 2.18. The molecular weight excluding hydrogens is 784 g/mol. The van der Waals surface area contributed by atoms with Gasteiger partial charge in [-0.25, -0.2) is 4.98 Å². The lowest BCUT2D eigenvalue weighted by Crippen LogP contribution is -2.20. The maximum atomic E-state index is 13.6. The average Bonchev–Trinajstić information content (AvgIpc) is 3.62. The zero-order chi connectivity index (χ0) is 28.8. The number of hydrogen-bond acceptors (Lipinski definition) is 7. The van der Waals surface area contributed by atoms with E-state index in [0.717, 1.165) is 40.9 Å². The summed E-state index contributed by atoms with van der Waals surface area (Å²) in [6, 6.07) is 24.0. The molecule has 0 unspecified atom stereocenters. The first-order valence-corrected chi connectivity index (χ1v) is 15.2. The Labute approximate surface area is 271 Å². The van der Waals surface area contributed by atoms with Crippen molar-refractivity contribution in [1.82, 2.24) is 9.66 Å². The molecule has 42 heavy (non-hydrogen) atoms. The summed E-state index contributed by atoms with van der Waals surface area (Å²) in [5.74, 6) is 2.91. The Kier molecular flexibility index (Phi) is 7.28. The monoisotopic (exact) mass is 801 g/mol. The van der Waals surface area contributed by atoms with Crippen LogP contribution in [-0.4, -0.2) is 22.7 Å². The van der Waals surface area contributed by atoms with E-state index in [1.54, 1.807) is 42.6 Å². The van der Waals surface area contributed by atoms with E-state index in [0.29, 0.717) is 33.9 Å². The lowest BCUT2D eigenvalue weighted by atomic mass is 10.2. The number of benzene rings is 4. The van der Waals surface area contributed by atoms with Crippen molar-refractivity contribution in [1.29, 1.82) is 0 Å². The van der Waals surface area contributed by atoms with Gasteiger partial charge in [0, 0.05) is 10.4 Å². The molecule has 0 fully saturated rings. The normalized spacial score (nSPS) is 12.5. The quantitative estimate of drug-likeness (QED) is 0.126. The topological polar surface area (TPSA) is 88.1 Å². The molecule has 11 heteroatoms. The summed E-state index contributed by atoms with van der Waals surface area (Å²) in [5.41, 5.74) is 2.64. The number of rotatable bonds is 6. The summed E-state index contributed by atoms with van der Waals surface area (Å²) in [7, 11) is 0. The highest BCUT2D eigenvalue weighted by molar-refractivity contribution is 14.1. The number of para-hydroxylation sites is 1. The van der Waals surface area contributed by atoms with Gasteiger partial charge < -0.3 is 18.6 Å². The fourth-order valence-electron chi connectivity index (χ4n) is 4.62. The molecule has 7 rings (SSSR count). The Morgan fingerprint density at radius 3 is 2.64 bits per heavy atom. The molecule has 3 heterocycles. The maximum absolute atomic E-state index is 13.6. The number of nitrogens with zero attached hydrogens (tertiary/aromatic N) is 3. The van der Waals surface area contributed by atoms with Crippen molar-refractivity contribution in [2.24, 2.45) is 5.10 Å². The molecule has 0 atom stereocenters. The SMILES string of the molecule is O=c1c2ccccc2nc(-c2cc3cc(Cl)ccc3o2)n1N=Cc1cc(I)c(OCc2ccc3c(c2)OCO3)c(I)c1. The Hall–Kier alpha value is -3.62. The van der Waals surface area contributed by atoms with Crippen LogP contribution < -0.4 is 19.8 Å². The Balaban J connectivity index is 1.22. The standard InChI is InChI=1S/C31H18ClI2N3O5/c32-20-6-8-25-19(12-20)13-28(42-25)30-36-24-4-2-1-3-21(24)31(38)37(30)35-14-18-9-22(33)29(23(34)10-18)39-15-17-5-7-26-27(11-17)41-16-40-26/h1-14H,15-16H2. The fraction of sp³-hybridized carbons (Fsp3) is 0.0645. The van der Waals surface area contributed by atoms with Gasteiger partial charge in [0.2, 0.25) is 12.6 Å². The summed E-state index contributed by atoms with van der Waals surface area (Å²) < 4.78 is 26.2. The molecular formula is C31H18ClI2N3O5. The zero-order valence-electron chi connectivity index (χ0n) is 21.5. The van der Waals surface area contributed by atoms with E-state index >= 15 is 0 Å². The first kappa shape index (κ1) is 27.2. The minimum atomic E-state index is -0.307. The second kappa shape index (κ2) is 11.2. The van der Waals surface area contributed by atoms with Gasteiger partial charge in [-0.15, -0.1) is 0 Å². The second-order valence-corrected chi connectivity index (χ2v) is 12.2. The third kappa shape index (κ3) is 5.22. The minimum Gasteiger partial charge on any atom is -0.487 e. The summed E-state index contributed by atoms with van der Waals surface area (Å²) in [5, 5.41) is 6.43. The van der Waals surface area contributed by atoms with Crippen LogP contribution >= 0.6 is 56.8 Å². The molecule has 0 bridgehead atoms. The number of halogens is 3. The Bertz CT molecular complexity index is 2080. The van der Waals surface area contributed by atoms with E-state index in [1.165, 1.54) is 4.68 Å². The van der Waals surface area contributed by atoms with E-state index in [-0.39, 0.29) is 18.2 Å². The van der Waals surface area contributed by atoms with Crippen LogP contribution in [0.1, 0.15) is 11.1 Å². The predicted octanol–water partition coefficient (Wildman–Crippen LogP) is 7.86. The lowest BCUT2D eigenvalue weighted by Gasteiger charge is -2.12. The van der Waals surface area contributed by atoms with Crippen molar-refractivity contribution in [2.75, 3.05) is 6.79 Å². The Morgan fingerprint density at radius 2 is 1.79 bits per heavy atom. The van der Waals surface area contributed by atoms with E-state index in [1.807, 2.05) is 42.5 Å². The molecule has 208 valence electrons. The first-order valence-electron chi connectivity index (χ1n) is 12.7. The van der Waals surface area contributed by atoms with Crippen LogP contribution in [0.2, 0.25) is 5.02 Å². The van der Waals surface area contributed by atoms with E-state index < -0.39 is 0 Å². The highest BCUT2D eigenvalue weighted by Crippen LogP contribution is 2.34. The van der Waals surface area contributed by atoms with Crippen molar-refractivity contribution in [2.45, 2.75) is 6.61 Å². The minimum absolute atomic E-state index is 0.231. The maximum Gasteiger partial charge on any atom is 0.282 e. The molecule has 0 N–H and O–H groups in total. The van der Waals surface area contributed by atoms with Crippen molar-refractivity contribution >= 4 is 84.9 Å². The average molecular weight is 802 g/mol. The smallest absolute Gasteiger partial charge is 0.282 e. The third-order valence-corrected chi connectivity index (χ3v) is 8.45. The number of ether oxygens (including phenoxy) is 3. The molecule has 1 aliphatic rings. The molecule has 0 radical (unpaired) electrons. The van der Waals surface area contributed by atoms with Crippen LogP contribution in [0.4, 0.5) is 0 Å². The van der Waals surface area contributed by atoms with Crippen molar-refractivity contribution < 1.29 is 18.6 Å². The van der Waals surface area contributed by atoms with E-state index in [2.05, 4.69) is 50.3 Å². The van der Waals surface area contributed by atoms with E-state index in [9.17, 15) is 4.79 Å². The largest absolute Gasteiger partial charge is 0.487 e. The van der Waals surface area contributed by atoms with Crippen LogP contribution in [0.3, 0.4) is 0 Å². The van der Waals surface area contributed by atoms with Crippen LogP contribution in [0, 0.1) is 7.14 Å². The fourth-order valence-corrected chi connectivity index (χ4v) is 6.93. The van der Waals surface area contributed by atoms with Crippen LogP contribution in [-0.2, 0) is 6.61 Å². The molecule has 0 aliphatic carbocycles. The summed E-state index contributed by atoms with van der Waals surface area (Å²) in [4.78, 5) is 18.3. The third-order valence-electron chi connectivity index (χ3n) is 6.62. The molecule has 6 aromatic rings. The summed E-state index contributed by atoms with van der Waals surface area (Å²) in [6.07, 6.45) is 1.63. The van der Waals surface area contributed by atoms with Crippen LogP contribution in [0.15, 0.2) is 93.2 Å². The van der Waals surface area contributed by atoms with Gasteiger partial charge in [-0.05, 0) is 117 Å². The predicted molar refractivity (Wildman–Crippen MR) is 178 cm³/mol. The van der Waals surface area contributed by atoms with Gasteiger partial charge in [0.15, 0.2) is 17.3 Å². The summed E-state index contributed by atoms with van der Waals surface area (Å²) in [6.45, 7) is 0.606. The van der Waals surface area contributed by atoms with Gasteiger partial charge in [-0.2, -0.15) is 9.78 Å². The molecule has 0 saturated heterocycles. The Morgan fingerprint density at radius 1 is 0.976 bits per heavy atom. The lowest BCUT2D eigenvalue weighted by molar-refractivity contribution is 0.174. The molecule has 4 aromatic carbocycles. The van der Waals surface area contributed by atoms with Crippen molar-refractivity contribution in [3.05, 3.63) is 113 Å². The first-order chi connectivity index (χ1) is 20.4. The van der Waals surface area contributed by atoms with Crippen molar-refractivity contribution in [3.8, 4) is 28.8 Å². The molecule has 0 saturated carbocycles. The number of hydrogen-bond donors (Lipinski definition) is 0. The molecule has 1 aliphatic heterocycles. The zero-order valence-corrected chi connectivity index (χ0v) is 26.6.